The first-order chi connectivity index (χ1) is 6.20. The lowest BCUT2D eigenvalue weighted by atomic mass is 10.4. The predicted octanol–water partition coefficient (Wildman–Crippen LogP) is 0.427. The summed E-state index contributed by atoms with van der Waals surface area (Å²) in [6.07, 6.45) is -0.780. The normalized spacial score (nSPS) is 9.15. The van der Waals surface area contributed by atoms with Gasteiger partial charge in [0.25, 0.3) is 0 Å². The molecule has 0 aromatic rings. The molecule has 0 aliphatic heterocycles. The van der Waals surface area contributed by atoms with Gasteiger partial charge in [-0.1, -0.05) is 25.7 Å². The van der Waals surface area contributed by atoms with Crippen molar-refractivity contribution in [2.75, 3.05) is 26.2 Å². The van der Waals surface area contributed by atoms with Crippen LogP contribution in [-0.4, -0.2) is 37.2 Å². The number of carbonyl (C=O) groups excluding carboxylic acids is 1. The quantitative estimate of drug-likeness (QED) is 0.644. The van der Waals surface area contributed by atoms with Gasteiger partial charge >= 0.3 is 6.09 Å². The van der Waals surface area contributed by atoms with Crippen LogP contribution in [0.1, 0.15) is 13.8 Å². The van der Waals surface area contributed by atoms with Crippen molar-refractivity contribution < 1.29 is 9.53 Å². The van der Waals surface area contributed by atoms with Crippen LogP contribution in [0.25, 0.3) is 0 Å². The molecule has 4 nitrogen and oxygen atoms in total. The fraction of sp³-hybridized carbons (Fsp3) is 0.667. The monoisotopic (exact) mass is 184 g/mol. The summed E-state index contributed by atoms with van der Waals surface area (Å²) in [5.41, 5.74) is 4.75. The van der Waals surface area contributed by atoms with Crippen molar-refractivity contribution in [1.82, 2.24) is 4.90 Å². The topological polar surface area (TPSA) is 55.6 Å². The summed E-state index contributed by atoms with van der Waals surface area (Å²) in [5.74, 6) is 5.59. The molecule has 4 heteroatoms. The Kier molecular flexibility index (Phi) is 6.75. The van der Waals surface area contributed by atoms with Crippen molar-refractivity contribution in [3.8, 4) is 11.8 Å². The van der Waals surface area contributed by atoms with Crippen LogP contribution in [0.4, 0.5) is 4.79 Å². The van der Waals surface area contributed by atoms with E-state index in [2.05, 4.69) is 35.3 Å². The molecule has 0 rings (SSSR count). The Morgan fingerprint density at radius 1 is 1.38 bits per heavy atom. The number of amides is 1. The van der Waals surface area contributed by atoms with Gasteiger partial charge in [-0.15, -0.1) is 0 Å². The number of rotatable bonds is 4. The lowest BCUT2D eigenvalue weighted by Gasteiger charge is -2.13. The minimum atomic E-state index is -0.780. The zero-order chi connectivity index (χ0) is 10.1. The van der Waals surface area contributed by atoms with Crippen molar-refractivity contribution in [3.63, 3.8) is 0 Å². The fourth-order valence-electron chi connectivity index (χ4n) is 0.773. The molecule has 1 amide bonds. The van der Waals surface area contributed by atoms with Crippen molar-refractivity contribution in [3.05, 3.63) is 0 Å². The maximum Gasteiger partial charge on any atom is 0.405 e. The second kappa shape index (κ2) is 7.44. The molecule has 0 saturated carbocycles. The average Bonchev–Trinajstić information content (AvgIpc) is 2.11. The van der Waals surface area contributed by atoms with Crippen LogP contribution in [0.3, 0.4) is 0 Å². The van der Waals surface area contributed by atoms with E-state index >= 15 is 0 Å². The predicted molar refractivity (Wildman–Crippen MR) is 51.1 cm³/mol. The standard InChI is InChI=1S/C9H16N2O2/c1-3-11(4-2)7-5-6-8-13-9(10)12/h3-4,7-8H2,1-2H3,(H2,10,12). The molecule has 0 unspecified atom stereocenters. The van der Waals surface area contributed by atoms with Gasteiger partial charge in [0, 0.05) is 0 Å². The van der Waals surface area contributed by atoms with Gasteiger partial charge in [-0.05, 0) is 13.1 Å². The Hall–Kier alpha value is -1.21. The molecule has 0 spiro atoms. The summed E-state index contributed by atoms with van der Waals surface area (Å²) in [4.78, 5) is 12.3. The molecule has 0 saturated heterocycles. The Bertz CT molecular complexity index is 201. The highest BCUT2D eigenvalue weighted by atomic mass is 16.5. The van der Waals surface area contributed by atoms with E-state index in [1.54, 1.807) is 0 Å². The highest BCUT2D eigenvalue weighted by Gasteiger charge is 1.93. The molecule has 13 heavy (non-hydrogen) atoms. The number of ether oxygens (including phenoxy) is 1. The highest BCUT2D eigenvalue weighted by Crippen LogP contribution is 1.83. The van der Waals surface area contributed by atoms with Gasteiger partial charge in [-0.2, -0.15) is 0 Å². The first-order valence-electron chi connectivity index (χ1n) is 4.31. The van der Waals surface area contributed by atoms with Crippen LogP contribution in [0.5, 0.6) is 0 Å². The highest BCUT2D eigenvalue weighted by molar-refractivity contribution is 5.64. The number of nitrogens with two attached hydrogens (primary N) is 1. The van der Waals surface area contributed by atoms with Gasteiger partial charge < -0.3 is 10.5 Å². The third-order valence-electron chi connectivity index (χ3n) is 1.61. The molecule has 0 bridgehead atoms. The molecule has 2 N–H and O–H groups in total. The van der Waals surface area contributed by atoms with E-state index in [0.717, 1.165) is 13.1 Å². The first kappa shape index (κ1) is 11.8. The summed E-state index contributed by atoms with van der Waals surface area (Å²) in [6, 6.07) is 0. The van der Waals surface area contributed by atoms with Crippen LogP contribution < -0.4 is 5.73 Å². The van der Waals surface area contributed by atoms with E-state index in [4.69, 9.17) is 5.73 Å². The summed E-state index contributed by atoms with van der Waals surface area (Å²) in [5, 5.41) is 0. The molecular formula is C9H16N2O2. The molecule has 0 radical (unpaired) electrons. The number of hydrogen-bond acceptors (Lipinski definition) is 3. The van der Waals surface area contributed by atoms with Crippen molar-refractivity contribution in [2.45, 2.75) is 13.8 Å². The van der Waals surface area contributed by atoms with Crippen molar-refractivity contribution in [1.29, 1.82) is 0 Å². The molecule has 0 aliphatic carbocycles. The molecule has 0 aromatic heterocycles. The third-order valence-corrected chi connectivity index (χ3v) is 1.61. The van der Waals surface area contributed by atoms with E-state index in [-0.39, 0.29) is 6.61 Å². The van der Waals surface area contributed by atoms with Crippen LogP contribution in [-0.2, 0) is 4.74 Å². The minimum absolute atomic E-state index is 0.0800. The zero-order valence-electron chi connectivity index (χ0n) is 8.17. The Morgan fingerprint density at radius 2 is 2.00 bits per heavy atom. The lowest BCUT2D eigenvalue weighted by molar-refractivity contribution is 0.171. The zero-order valence-corrected chi connectivity index (χ0v) is 8.17. The maximum atomic E-state index is 10.1. The van der Waals surface area contributed by atoms with Crippen molar-refractivity contribution >= 4 is 6.09 Å². The SMILES string of the molecule is CCN(CC)CC#CCOC(N)=O. The number of primary amides is 1. The summed E-state index contributed by atoms with van der Waals surface area (Å²) < 4.78 is 4.44. The van der Waals surface area contributed by atoms with E-state index < -0.39 is 6.09 Å². The average molecular weight is 184 g/mol. The molecule has 0 heterocycles. The van der Waals surface area contributed by atoms with Crippen LogP contribution in [0, 0.1) is 11.8 Å². The molecule has 0 aromatic carbocycles. The van der Waals surface area contributed by atoms with Crippen LogP contribution in [0.15, 0.2) is 0 Å². The second-order valence-corrected chi connectivity index (χ2v) is 2.42. The molecular weight excluding hydrogens is 168 g/mol. The van der Waals surface area contributed by atoms with Gasteiger partial charge in [-0.3, -0.25) is 4.90 Å². The van der Waals surface area contributed by atoms with Gasteiger partial charge in [-0.25, -0.2) is 4.79 Å². The lowest BCUT2D eigenvalue weighted by Crippen LogP contribution is -2.23. The number of hydrogen-bond donors (Lipinski definition) is 1. The molecule has 74 valence electrons. The molecule has 0 fully saturated rings. The van der Waals surface area contributed by atoms with Crippen LogP contribution in [0.2, 0.25) is 0 Å². The number of carbonyl (C=O) groups is 1. The molecule has 0 aliphatic rings. The summed E-state index contributed by atoms with van der Waals surface area (Å²) >= 11 is 0. The Labute approximate surface area is 79.0 Å². The smallest absolute Gasteiger partial charge is 0.405 e. The van der Waals surface area contributed by atoms with Gasteiger partial charge in [0.1, 0.15) is 0 Å². The molecule has 0 atom stereocenters. The Balaban J connectivity index is 3.54. The summed E-state index contributed by atoms with van der Waals surface area (Å²) in [6.45, 7) is 6.88. The van der Waals surface area contributed by atoms with Gasteiger partial charge in [0.05, 0.1) is 6.54 Å². The number of nitrogens with zero attached hydrogens (tertiary/aromatic N) is 1. The van der Waals surface area contributed by atoms with Gasteiger partial charge in [0.15, 0.2) is 6.61 Å². The third kappa shape index (κ3) is 7.16. The van der Waals surface area contributed by atoms with E-state index in [1.165, 1.54) is 0 Å². The van der Waals surface area contributed by atoms with Crippen molar-refractivity contribution in [2.24, 2.45) is 5.73 Å². The Morgan fingerprint density at radius 3 is 2.46 bits per heavy atom. The summed E-state index contributed by atoms with van der Waals surface area (Å²) in [7, 11) is 0. The maximum absolute atomic E-state index is 10.1. The van der Waals surface area contributed by atoms with E-state index in [0.29, 0.717) is 6.54 Å². The van der Waals surface area contributed by atoms with Crippen LogP contribution >= 0.6 is 0 Å². The van der Waals surface area contributed by atoms with E-state index in [9.17, 15) is 4.79 Å². The van der Waals surface area contributed by atoms with Gasteiger partial charge in [0.2, 0.25) is 0 Å². The minimum Gasteiger partial charge on any atom is -0.437 e. The second-order valence-electron chi connectivity index (χ2n) is 2.42. The fourth-order valence-corrected chi connectivity index (χ4v) is 0.773. The largest absolute Gasteiger partial charge is 0.437 e. The first-order valence-corrected chi connectivity index (χ1v) is 4.31. The van der Waals surface area contributed by atoms with E-state index in [1.807, 2.05) is 0 Å².